The van der Waals surface area contributed by atoms with Crippen molar-refractivity contribution in [1.82, 2.24) is 19.6 Å². The second kappa shape index (κ2) is 7.86. The highest BCUT2D eigenvalue weighted by Crippen LogP contribution is 2.16. The average Bonchev–Trinajstić information content (AvgIpc) is 2.61. The number of hydrogen-bond donors (Lipinski definition) is 2. The minimum atomic E-state index is -0.581. The van der Waals surface area contributed by atoms with Gasteiger partial charge < -0.3 is 15.3 Å². The average molecular weight is 358 g/mol. The predicted molar refractivity (Wildman–Crippen MR) is 99.7 cm³/mol. The van der Waals surface area contributed by atoms with Gasteiger partial charge in [-0.05, 0) is 51.3 Å². The van der Waals surface area contributed by atoms with Crippen LogP contribution >= 0.6 is 0 Å². The molecule has 1 aliphatic rings. The largest absolute Gasteiger partial charge is 0.493 e. The number of nitrogens with zero attached hydrogens (tertiary/aromatic N) is 3. The number of nitrogens with one attached hydrogen (secondary N) is 1. The first kappa shape index (κ1) is 18.4. The number of aromatic nitrogens is 2. The number of likely N-dealkylation sites (tertiary alicyclic amines) is 1. The Balaban J connectivity index is 1.65. The summed E-state index contributed by atoms with van der Waals surface area (Å²) in [6.45, 7) is 6.51. The molecule has 0 aromatic carbocycles. The summed E-state index contributed by atoms with van der Waals surface area (Å²) in [5.41, 5.74) is 0.242. The SMILES string of the molecule is Cc1cccn2c(=O)c(C(=O)NCCCN3CCCC[C@@H]3C)c(O)nc12. The fourth-order valence-electron chi connectivity index (χ4n) is 3.55. The summed E-state index contributed by atoms with van der Waals surface area (Å²) < 4.78 is 1.29. The first-order chi connectivity index (χ1) is 12.5. The van der Waals surface area contributed by atoms with Crippen molar-refractivity contribution in [2.24, 2.45) is 0 Å². The predicted octanol–water partition coefficient (Wildman–Crippen LogP) is 1.70. The summed E-state index contributed by atoms with van der Waals surface area (Å²) >= 11 is 0. The molecule has 3 heterocycles. The first-order valence-electron chi connectivity index (χ1n) is 9.22. The van der Waals surface area contributed by atoms with Crippen molar-refractivity contribution in [2.45, 2.75) is 45.6 Å². The van der Waals surface area contributed by atoms with Crippen LogP contribution in [-0.4, -0.2) is 51.0 Å². The molecule has 3 rings (SSSR count). The molecule has 1 fully saturated rings. The Morgan fingerprint density at radius 2 is 2.23 bits per heavy atom. The normalized spacial score (nSPS) is 18.2. The van der Waals surface area contributed by atoms with E-state index in [0.717, 1.165) is 25.1 Å². The number of piperidine rings is 1. The smallest absolute Gasteiger partial charge is 0.274 e. The van der Waals surface area contributed by atoms with E-state index in [1.165, 1.54) is 23.7 Å². The van der Waals surface area contributed by atoms with Crippen LogP contribution in [0.15, 0.2) is 23.1 Å². The highest BCUT2D eigenvalue weighted by atomic mass is 16.3. The third-order valence-corrected chi connectivity index (χ3v) is 5.11. The highest BCUT2D eigenvalue weighted by molar-refractivity contribution is 5.96. The number of aromatic hydroxyl groups is 1. The van der Waals surface area contributed by atoms with Gasteiger partial charge in [-0.25, -0.2) is 0 Å². The molecule has 0 spiro atoms. The summed E-state index contributed by atoms with van der Waals surface area (Å²) in [6.07, 6.45) is 6.08. The zero-order valence-corrected chi connectivity index (χ0v) is 15.4. The summed E-state index contributed by atoms with van der Waals surface area (Å²) in [4.78, 5) is 31.4. The molecule has 0 radical (unpaired) electrons. The van der Waals surface area contributed by atoms with E-state index in [4.69, 9.17) is 0 Å². The molecule has 26 heavy (non-hydrogen) atoms. The Morgan fingerprint density at radius 1 is 1.42 bits per heavy atom. The van der Waals surface area contributed by atoms with Gasteiger partial charge in [-0.15, -0.1) is 0 Å². The summed E-state index contributed by atoms with van der Waals surface area (Å²) in [6, 6.07) is 4.09. The first-order valence-corrected chi connectivity index (χ1v) is 9.22. The van der Waals surface area contributed by atoms with E-state index in [1.54, 1.807) is 25.3 Å². The highest BCUT2D eigenvalue weighted by Gasteiger charge is 2.21. The Hall–Kier alpha value is -2.41. The van der Waals surface area contributed by atoms with Gasteiger partial charge in [0.05, 0.1) is 0 Å². The molecule has 0 aliphatic carbocycles. The zero-order chi connectivity index (χ0) is 18.7. The second-order valence-corrected chi connectivity index (χ2v) is 6.99. The van der Waals surface area contributed by atoms with Gasteiger partial charge in [0.2, 0.25) is 5.88 Å². The van der Waals surface area contributed by atoms with Gasteiger partial charge in [0.1, 0.15) is 5.65 Å². The number of hydrogen-bond acceptors (Lipinski definition) is 5. The van der Waals surface area contributed by atoms with Gasteiger partial charge in [0, 0.05) is 25.3 Å². The fourth-order valence-corrected chi connectivity index (χ4v) is 3.55. The molecule has 140 valence electrons. The van der Waals surface area contributed by atoms with E-state index >= 15 is 0 Å². The molecule has 1 aliphatic heterocycles. The Labute approximate surface area is 152 Å². The standard InChI is InChI=1S/C19H26N4O3/c1-13-7-5-12-23-16(13)21-18(25)15(19(23)26)17(24)20-9-6-11-22-10-4-3-8-14(22)2/h5,7,12,14,25H,3-4,6,8-11H2,1-2H3,(H,20,24)/t14-/m0/s1. The van der Waals surface area contributed by atoms with Crippen LogP contribution in [-0.2, 0) is 0 Å². The number of carbonyl (C=O) groups is 1. The van der Waals surface area contributed by atoms with E-state index in [2.05, 4.69) is 22.1 Å². The van der Waals surface area contributed by atoms with Crippen LogP contribution in [0.1, 0.15) is 48.5 Å². The lowest BCUT2D eigenvalue weighted by Gasteiger charge is -2.33. The van der Waals surface area contributed by atoms with Crippen LogP contribution in [0.2, 0.25) is 0 Å². The van der Waals surface area contributed by atoms with Gasteiger partial charge >= 0.3 is 0 Å². The monoisotopic (exact) mass is 358 g/mol. The summed E-state index contributed by atoms with van der Waals surface area (Å²) in [5, 5.41) is 12.8. The van der Waals surface area contributed by atoms with E-state index in [9.17, 15) is 14.7 Å². The maximum atomic E-state index is 12.6. The number of aryl methyl sites for hydroxylation is 1. The van der Waals surface area contributed by atoms with Crippen molar-refractivity contribution in [2.75, 3.05) is 19.6 Å². The van der Waals surface area contributed by atoms with Gasteiger partial charge in [0.15, 0.2) is 5.56 Å². The lowest BCUT2D eigenvalue weighted by Crippen LogP contribution is -2.39. The van der Waals surface area contributed by atoms with Crippen LogP contribution < -0.4 is 10.9 Å². The molecule has 7 nitrogen and oxygen atoms in total. The van der Waals surface area contributed by atoms with E-state index < -0.39 is 17.3 Å². The summed E-state index contributed by atoms with van der Waals surface area (Å²) in [5.74, 6) is -1.10. The molecule has 7 heteroatoms. The van der Waals surface area contributed by atoms with Gasteiger partial charge in [0.25, 0.3) is 11.5 Å². The third-order valence-electron chi connectivity index (χ3n) is 5.11. The number of carbonyl (C=O) groups excluding carboxylic acids is 1. The van der Waals surface area contributed by atoms with Crippen LogP contribution in [0, 0.1) is 6.92 Å². The molecule has 1 saturated heterocycles. The van der Waals surface area contributed by atoms with Crippen molar-refractivity contribution in [1.29, 1.82) is 0 Å². The van der Waals surface area contributed by atoms with Crippen molar-refractivity contribution in [3.8, 4) is 5.88 Å². The molecule has 0 unspecified atom stereocenters. The van der Waals surface area contributed by atoms with Crippen molar-refractivity contribution >= 4 is 11.6 Å². The van der Waals surface area contributed by atoms with E-state index in [1.807, 2.05) is 0 Å². The van der Waals surface area contributed by atoms with Crippen LogP contribution in [0.3, 0.4) is 0 Å². The van der Waals surface area contributed by atoms with Gasteiger partial charge in [-0.2, -0.15) is 4.98 Å². The Kier molecular flexibility index (Phi) is 5.56. The Morgan fingerprint density at radius 3 is 3.00 bits per heavy atom. The second-order valence-electron chi connectivity index (χ2n) is 6.99. The Bertz CT molecular complexity index is 862. The van der Waals surface area contributed by atoms with Crippen LogP contribution in [0.25, 0.3) is 5.65 Å². The lowest BCUT2D eigenvalue weighted by molar-refractivity contribution is 0.0943. The number of fused-ring (bicyclic) bond motifs is 1. The quantitative estimate of drug-likeness (QED) is 0.795. The number of rotatable bonds is 5. The molecule has 2 N–H and O–H groups in total. The molecule has 2 aromatic heterocycles. The fraction of sp³-hybridized carbons (Fsp3) is 0.526. The molecular weight excluding hydrogens is 332 g/mol. The van der Waals surface area contributed by atoms with Crippen LogP contribution in [0.4, 0.5) is 0 Å². The zero-order valence-electron chi connectivity index (χ0n) is 15.4. The van der Waals surface area contributed by atoms with Gasteiger partial charge in [-0.1, -0.05) is 12.5 Å². The third kappa shape index (κ3) is 3.72. The van der Waals surface area contributed by atoms with Crippen molar-refractivity contribution < 1.29 is 9.90 Å². The minimum absolute atomic E-state index is 0.306. The molecule has 1 atom stereocenters. The number of amides is 1. The molecule has 1 amide bonds. The van der Waals surface area contributed by atoms with E-state index in [-0.39, 0.29) is 5.56 Å². The van der Waals surface area contributed by atoms with Crippen LogP contribution in [0.5, 0.6) is 5.88 Å². The topological polar surface area (TPSA) is 86.9 Å². The van der Waals surface area contributed by atoms with Crippen molar-refractivity contribution in [3.63, 3.8) is 0 Å². The summed E-state index contributed by atoms with van der Waals surface area (Å²) in [7, 11) is 0. The molecule has 0 bridgehead atoms. The van der Waals surface area contributed by atoms with E-state index in [0.29, 0.717) is 18.2 Å². The number of pyridine rings is 1. The minimum Gasteiger partial charge on any atom is -0.493 e. The molecule has 2 aromatic rings. The lowest BCUT2D eigenvalue weighted by atomic mass is 10.0. The molecular formula is C19H26N4O3. The maximum absolute atomic E-state index is 12.6. The maximum Gasteiger partial charge on any atom is 0.274 e. The van der Waals surface area contributed by atoms with Gasteiger partial charge in [-0.3, -0.25) is 14.0 Å². The molecule has 0 saturated carbocycles. The van der Waals surface area contributed by atoms with Crippen molar-refractivity contribution in [3.05, 3.63) is 39.8 Å².